The zero-order valence-corrected chi connectivity index (χ0v) is 9.94. The molecule has 0 bridgehead atoms. The van der Waals surface area contributed by atoms with Crippen LogP contribution < -0.4 is 0 Å². The van der Waals surface area contributed by atoms with Crippen LogP contribution in [0.4, 0.5) is 0 Å². The van der Waals surface area contributed by atoms with Crippen molar-refractivity contribution in [2.75, 3.05) is 6.16 Å². The average Bonchev–Trinajstić information content (AvgIpc) is 1.82. The van der Waals surface area contributed by atoms with Gasteiger partial charge in [-0.05, 0) is 34.6 Å². The molecular weight excluding hydrogens is 171 g/mol. The van der Waals surface area contributed by atoms with Crippen LogP contribution in [0.1, 0.15) is 41.5 Å². The lowest BCUT2D eigenvalue weighted by molar-refractivity contribution is 0.108. The maximum Gasteiger partial charge on any atom is 0.170 e. The molecule has 0 N–H and O–H groups in total. The molecular formula is C9H21O2P. The summed E-state index contributed by atoms with van der Waals surface area (Å²) in [5, 5.41) is 0. The van der Waals surface area contributed by atoms with Gasteiger partial charge in [0.15, 0.2) is 8.38 Å². The molecule has 0 aromatic rings. The summed E-state index contributed by atoms with van der Waals surface area (Å²) in [5.74, 6) is 0. The fourth-order valence-corrected chi connectivity index (χ4v) is 2.10. The molecule has 0 aliphatic carbocycles. The second-order valence-corrected chi connectivity index (χ2v) is 5.70. The Bertz CT molecular complexity index is 118. The second kappa shape index (κ2) is 5.16. The molecule has 1 unspecified atom stereocenters. The fraction of sp³-hybridized carbons (Fsp3) is 1.00. The van der Waals surface area contributed by atoms with E-state index in [1.165, 1.54) is 0 Å². The van der Waals surface area contributed by atoms with E-state index in [0.29, 0.717) is 0 Å². The topological polar surface area (TPSA) is 18.5 Å². The Hall–Kier alpha value is 0.350. The van der Waals surface area contributed by atoms with Crippen LogP contribution in [0.2, 0.25) is 0 Å². The summed E-state index contributed by atoms with van der Waals surface area (Å²) in [6.45, 7) is 12.3. The molecule has 0 aromatic carbocycles. The van der Waals surface area contributed by atoms with Gasteiger partial charge in [-0.25, -0.2) is 0 Å². The molecule has 0 saturated carbocycles. The first-order valence-corrected chi connectivity index (χ1v) is 5.85. The highest BCUT2D eigenvalue weighted by Crippen LogP contribution is 2.43. The normalized spacial score (nSPS) is 15.2. The van der Waals surface area contributed by atoms with Crippen LogP contribution in [-0.2, 0) is 9.05 Å². The van der Waals surface area contributed by atoms with Crippen molar-refractivity contribution < 1.29 is 9.05 Å². The Morgan fingerprint density at radius 1 is 1.25 bits per heavy atom. The minimum atomic E-state index is -0.686. The molecule has 0 heterocycles. The van der Waals surface area contributed by atoms with E-state index < -0.39 is 8.38 Å². The molecule has 0 radical (unpaired) electrons. The third-order valence-corrected chi connectivity index (χ3v) is 2.89. The van der Waals surface area contributed by atoms with Crippen molar-refractivity contribution in [2.45, 2.75) is 53.2 Å². The van der Waals surface area contributed by atoms with Crippen LogP contribution in [0.15, 0.2) is 0 Å². The SMILES string of the molecule is CCP(OC(C)C)OC(C)(C)C. The minimum absolute atomic E-state index is 0.0867. The fourth-order valence-electron chi connectivity index (χ4n) is 0.701. The summed E-state index contributed by atoms with van der Waals surface area (Å²) in [6.07, 6.45) is 1.23. The molecule has 74 valence electrons. The van der Waals surface area contributed by atoms with Crippen molar-refractivity contribution in [2.24, 2.45) is 0 Å². The van der Waals surface area contributed by atoms with E-state index in [1.807, 2.05) is 13.8 Å². The summed E-state index contributed by atoms with van der Waals surface area (Å²) in [6, 6.07) is 0. The molecule has 1 atom stereocenters. The van der Waals surface area contributed by atoms with Crippen LogP contribution >= 0.6 is 8.38 Å². The first-order chi connectivity index (χ1) is 5.35. The van der Waals surface area contributed by atoms with Crippen LogP contribution in [0.25, 0.3) is 0 Å². The molecule has 0 aromatic heterocycles. The van der Waals surface area contributed by atoms with Gasteiger partial charge in [0.2, 0.25) is 0 Å². The maximum absolute atomic E-state index is 5.74. The van der Waals surface area contributed by atoms with Crippen LogP contribution in [0.5, 0.6) is 0 Å². The number of hydrogen-bond acceptors (Lipinski definition) is 2. The standard InChI is InChI=1S/C9H21O2P/c1-7-12(10-8(2)3)11-9(4,5)6/h8H,7H2,1-6H3. The average molecular weight is 192 g/mol. The maximum atomic E-state index is 5.74. The van der Waals surface area contributed by atoms with Crippen molar-refractivity contribution in [1.29, 1.82) is 0 Å². The van der Waals surface area contributed by atoms with Gasteiger partial charge in [-0.2, -0.15) is 0 Å². The molecule has 0 saturated heterocycles. The van der Waals surface area contributed by atoms with E-state index in [2.05, 4.69) is 27.7 Å². The Balaban J connectivity index is 3.83. The predicted octanol–water partition coefficient (Wildman–Crippen LogP) is 3.56. The van der Waals surface area contributed by atoms with Gasteiger partial charge in [0.1, 0.15) is 0 Å². The third kappa shape index (κ3) is 7.02. The van der Waals surface area contributed by atoms with Gasteiger partial charge in [0.25, 0.3) is 0 Å². The molecule has 0 spiro atoms. The monoisotopic (exact) mass is 192 g/mol. The Kier molecular flexibility index (Phi) is 5.31. The van der Waals surface area contributed by atoms with E-state index in [1.54, 1.807) is 0 Å². The zero-order chi connectivity index (χ0) is 9.78. The molecule has 0 amide bonds. The van der Waals surface area contributed by atoms with Gasteiger partial charge in [-0.15, -0.1) is 0 Å². The van der Waals surface area contributed by atoms with E-state index >= 15 is 0 Å². The highest BCUT2D eigenvalue weighted by atomic mass is 31.2. The minimum Gasteiger partial charge on any atom is -0.331 e. The quantitative estimate of drug-likeness (QED) is 0.634. The van der Waals surface area contributed by atoms with Gasteiger partial charge in [0, 0.05) is 6.16 Å². The largest absolute Gasteiger partial charge is 0.331 e. The summed E-state index contributed by atoms with van der Waals surface area (Å²) < 4.78 is 11.4. The molecule has 12 heavy (non-hydrogen) atoms. The van der Waals surface area contributed by atoms with Gasteiger partial charge < -0.3 is 9.05 Å². The highest BCUT2D eigenvalue weighted by Gasteiger charge is 2.19. The highest BCUT2D eigenvalue weighted by molar-refractivity contribution is 7.47. The van der Waals surface area contributed by atoms with Crippen LogP contribution in [0.3, 0.4) is 0 Å². The van der Waals surface area contributed by atoms with Gasteiger partial charge >= 0.3 is 0 Å². The van der Waals surface area contributed by atoms with Crippen LogP contribution in [0, 0.1) is 0 Å². The molecule has 2 nitrogen and oxygen atoms in total. The predicted molar refractivity (Wildman–Crippen MR) is 54.5 cm³/mol. The second-order valence-electron chi connectivity index (χ2n) is 4.01. The number of hydrogen-bond donors (Lipinski definition) is 0. The first kappa shape index (κ1) is 12.3. The van der Waals surface area contributed by atoms with Crippen LogP contribution in [-0.4, -0.2) is 17.9 Å². The smallest absolute Gasteiger partial charge is 0.170 e. The van der Waals surface area contributed by atoms with E-state index in [9.17, 15) is 0 Å². The molecule has 3 heteroatoms. The summed E-state index contributed by atoms with van der Waals surface area (Å²) >= 11 is 0. The van der Waals surface area contributed by atoms with Gasteiger partial charge in [0.05, 0.1) is 11.7 Å². The molecule has 0 rings (SSSR count). The summed E-state index contributed by atoms with van der Waals surface area (Å²) in [5.41, 5.74) is -0.0867. The number of rotatable bonds is 4. The Morgan fingerprint density at radius 2 is 1.75 bits per heavy atom. The van der Waals surface area contributed by atoms with Crippen molar-refractivity contribution in [3.8, 4) is 0 Å². The summed E-state index contributed by atoms with van der Waals surface area (Å²) in [4.78, 5) is 0. The Labute approximate surface area is 77.6 Å². The Morgan fingerprint density at radius 3 is 2.00 bits per heavy atom. The van der Waals surface area contributed by atoms with Gasteiger partial charge in [-0.3, -0.25) is 0 Å². The lowest BCUT2D eigenvalue weighted by Crippen LogP contribution is -2.18. The van der Waals surface area contributed by atoms with Crippen molar-refractivity contribution in [3.63, 3.8) is 0 Å². The van der Waals surface area contributed by atoms with E-state index in [4.69, 9.17) is 9.05 Å². The van der Waals surface area contributed by atoms with Gasteiger partial charge in [-0.1, -0.05) is 6.92 Å². The van der Waals surface area contributed by atoms with E-state index in [0.717, 1.165) is 6.16 Å². The lowest BCUT2D eigenvalue weighted by Gasteiger charge is -2.26. The summed E-state index contributed by atoms with van der Waals surface area (Å²) in [7, 11) is -0.686. The van der Waals surface area contributed by atoms with E-state index in [-0.39, 0.29) is 11.7 Å². The molecule has 0 fully saturated rings. The van der Waals surface area contributed by atoms with Crippen molar-refractivity contribution in [3.05, 3.63) is 0 Å². The molecule has 0 aliphatic heterocycles. The molecule has 0 aliphatic rings. The van der Waals surface area contributed by atoms with Crippen molar-refractivity contribution >= 4 is 8.38 Å². The third-order valence-electron chi connectivity index (χ3n) is 0.962. The lowest BCUT2D eigenvalue weighted by atomic mass is 10.2. The zero-order valence-electron chi connectivity index (χ0n) is 9.05. The first-order valence-electron chi connectivity index (χ1n) is 4.48. The van der Waals surface area contributed by atoms with Crippen molar-refractivity contribution in [1.82, 2.24) is 0 Å².